The number of aromatic amines is 1. The van der Waals surface area contributed by atoms with Crippen LogP contribution in [0, 0.1) is 0 Å². The molecule has 4 rings (SSSR count). The van der Waals surface area contributed by atoms with Crippen LogP contribution in [0.5, 0.6) is 0 Å². The average molecular weight is 336 g/mol. The van der Waals surface area contributed by atoms with Gasteiger partial charge in [0.05, 0.1) is 17.7 Å². The van der Waals surface area contributed by atoms with E-state index < -0.39 is 0 Å². The topological polar surface area (TPSA) is 75.0 Å². The van der Waals surface area contributed by atoms with Gasteiger partial charge >= 0.3 is 0 Å². The molecule has 0 aliphatic carbocycles. The van der Waals surface area contributed by atoms with Crippen LogP contribution in [0.2, 0.25) is 0 Å². The lowest BCUT2D eigenvalue weighted by Crippen LogP contribution is -2.33. The van der Waals surface area contributed by atoms with Crippen molar-refractivity contribution < 1.29 is 4.42 Å². The first-order chi connectivity index (χ1) is 12.3. The van der Waals surface area contributed by atoms with Crippen LogP contribution in [0.25, 0.3) is 11.5 Å². The predicted molar refractivity (Wildman–Crippen MR) is 94.0 cm³/mol. The lowest BCUT2D eigenvalue weighted by Gasteiger charge is -2.30. The van der Waals surface area contributed by atoms with E-state index in [0.717, 1.165) is 49.4 Å². The van der Waals surface area contributed by atoms with Crippen molar-refractivity contribution in [3.8, 4) is 11.5 Å². The Labute approximate surface area is 145 Å². The summed E-state index contributed by atoms with van der Waals surface area (Å²) in [5, 5.41) is 0. The van der Waals surface area contributed by atoms with Gasteiger partial charge in [0.2, 0.25) is 5.89 Å². The number of aromatic nitrogens is 3. The molecule has 6 heteroatoms. The van der Waals surface area contributed by atoms with Crippen LogP contribution in [0.1, 0.15) is 30.1 Å². The molecule has 1 aliphatic heterocycles. The maximum absolute atomic E-state index is 11.4. The number of H-pyrrole nitrogens is 1. The van der Waals surface area contributed by atoms with Gasteiger partial charge in [-0.05, 0) is 38.1 Å². The van der Waals surface area contributed by atoms with Crippen LogP contribution in [-0.4, -0.2) is 32.9 Å². The summed E-state index contributed by atoms with van der Waals surface area (Å²) >= 11 is 0. The number of oxazole rings is 1. The molecule has 0 spiro atoms. The summed E-state index contributed by atoms with van der Waals surface area (Å²) in [5.41, 5.74) is 2.76. The maximum atomic E-state index is 11.4. The fourth-order valence-electron chi connectivity index (χ4n) is 3.32. The summed E-state index contributed by atoms with van der Waals surface area (Å²) in [7, 11) is 0. The molecule has 0 unspecified atom stereocenters. The fraction of sp³-hybridized carbons (Fsp3) is 0.316. The molecule has 0 bridgehead atoms. The van der Waals surface area contributed by atoms with Gasteiger partial charge in [0.15, 0.2) is 0 Å². The molecular formula is C19H20N4O2. The highest BCUT2D eigenvalue weighted by atomic mass is 16.3. The summed E-state index contributed by atoms with van der Waals surface area (Å²) in [6.07, 6.45) is 5.23. The minimum atomic E-state index is -0.0801. The van der Waals surface area contributed by atoms with E-state index in [1.54, 1.807) is 12.3 Å². The van der Waals surface area contributed by atoms with Crippen LogP contribution in [0.3, 0.4) is 0 Å². The van der Waals surface area contributed by atoms with E-state index in [0.29, 0.717) is 11.8 Å². The number of benzene rings is 1. The Morgan fingerprint density at radius 2 is 2.00 bits per heavy atom. The van der Waals surface area contributed by atoms with Crippen molar-refractivity contribution in [1.29, 1.82) is 0 Å². The van der Waals surface area contributed by atoms with Crippen LogP contribution < -0.4 is 5.56 Å². The Morgan fingerprint density at radius 1 is 1.20 bits per heavy atom. The Balaban J connectivity index is 1.36. The third kappa shape index (κ3) is 3.69. The zero-order valence-electron chi connectivity index (χ0n) is 13.9. The van der Waals surface area contributed by atoms with Gasteiger partial charge in [-0.25, -0.2) is 9.97 Å². The van der Waals surface area contributed by atoms with Crippen molar-refractivity contribution in [3.05, 3.63) is 70.7 Å². The van der Waals surface area contributed by atoms with Crippen LogP contribution in [0.15, 0.2) is 58.2 Å². The van der Waals surface area contributed by atoms with Crippen molar-refractivity contribution in [2.45, 2.75) is 25.3 Å². The Bertz CT molecular complexity index is 879. The zero-order valence-corrected chi connectivity index (χ0v) is 13.9. The standard InChI is InChI=1S/C19H20N4O2/c24-18-10-17(20-13-21-18)14-6-8-23(9-7-14)11-16-12-25-19(22-16)15-4-2-1-3-5-15/h1-5,10,12-14H,6-9,11H2,(H,20,21,24). The molecule has 1 aliphatic rings. The number of nitrogens with zero attached hydrogens (tertiary/aromatic N) is 3. The summed E-state index contributed by atoms with van der Waals surface area (Å²) in [6, 6.07) is 11.5. The highest BCUT2D eigenvalue weighted by Gasteiger charge is 2.22. The second-order valence-electron chi connectivity index (χ2n) is 6.40. The average Bonchev–Trinajstić information content (AvgIpc) is 3.12. The van der Waals surface area contributed by atoms with E-state index in [4.69, 9.17) is 4.42 Å². The maximum Gasteiger partial charge on any atom is 0.250 e. The second-order valence-corrected chi connectivity index (χ2v) is 6.40. The Kier molecular flexibility index (Phi) is 4.43. The minimum absolute atomic E-state index is 0.0801. The second kappa shape index (κ2) is 7.03. The van der Waals surface area contributed by atoms with Gasteiger partial charge in [0, 0.05) is 24.1 Å². The first-order valence-corrected chi connectivity index (χ1v) is 8.55. The van der Waals surface area contributed by atoms with Crippen molar-refractivity contribution in [2.75, 3.05) is 13.1 Å². The quantitative estimate of drug-likeness (QED) is 0.793. The molecule has 3 aromatic rings. The molecule has 1 N–H and O–H groups in total. The van der Waals surface area contributed by atoms with E-state index in [1.807, 2.05) is 30.3 Å². The van der Waals surface area contributed by atoms with Crippen molar-refractivity contribution >= 4 is 0 Å². The lowest BCUT2D eigenvalue weighted by molar-refractivity contribution is 0.201. The third-order valence-corrected chi connectivity index (χ3v) is 4.66. The highest BCUT2D eigenvalue weighted by Crippen LogP contribution is 2.27. The molecule has 1 aromatic carbocycles. The van der Waals surface area contributed by atoms with Gasteiger partial charge in [-0.3, -0.25) is 9.69 Å². The third-order valence-electron chi connectivity index (χ3n) is 4.66. The fourth-order valence-corrected chi connectivity index (χ4v) is 3.32. The summed E-state index contributed by atoms with van der Waals surface area (Å²) in [5.74, 6) is 1.02. The summed E-state index contributed by atoms with van der Waals surface area (Å²) in [4.78, 5) is 25.3. The first kappa shape index (κ1) is 15.8. The van der Waals surface area contributed by atoms with E-state index in [2.05, 4.69) is 19.9 Å². The molecule has 25 heavy (non-hydrogen) atoms. The summed E-state index contributed by atoms with van der Waals surface area (Å²) < 4.78 is 5.61. The number of nitrogens with one attached hydrogen (secondary N) is 1. The molecule has 2 aromatic heterocycles. The minimum Gasteiger partial charge on any atom is -0.444 e. The van der Waals surface area contributed by atoms with Gasteiger partial charge in [0.25, 0.3) is 5.56 Å². The van der Waals surface area contributed by atoms with Gasteiger partial charge in [-0.15, -0.1) is 0 Å². The van der Waals surface area contributed by atoms with Crippen LogP contribution >= 0.6 is 0 Å². The SMILES string of the molecule is O=c1cc(C2CCN(Cc3coc(-c4ccccc4)n3)CC2)nc[nH]1. The van der Waals surface area contributed by atoms with Crippen molar-refractivity contribution in [1.82, 2.24) is 19.9 Å². The van der Waals surface area contributed by atoms with Gasteiger partial charge in [-0.1, -0.05) is 18.2 Å². The van der Waals surface area contributed by atoms with E-state index >= 15 is 0 Å². The molecule has 3 heterocycles. The number of hydrogen-bond donors (Lipinski definition) is 1. The molecule has 1 saturated heterocycles. The Morgan fingerprint density at radius 3 is 2.76 bits per heavy atom. The normalized spacial score (nSPS) is 16.2. The van der Waals surface area contributed by atoms with Gasteiger partial charge in [-0.2, -0.15) is 0 Å². The number of hydrogen-bond acceptors (Lipinski definition) is 5. The molecular weight excluding hydrogens is 316 g/mol. The van der Waals surface area contributed by atoms with Crippen LogP contribution in [-0.2, 0) is 6.54 Å². The van der Waals surface area contributed by atoms with E-state index in [-0.39, 0.29) is 5.56 Å². The summed E-state index contributed by atoms with van der Waals surface area (Å²) in [6.45, 7) is 2.71. The zero-order chi connectivity index (χ0) is 17.1. The largest absolute Gasteiger partial charge is 0.444 e. The number of rotatable bonds is 4. The monoisotopic (exact) mass is 336 g/mol. The van der Waals surface area contributed by atoms with E-state index in [1.165, 1.54) is 6.33 Å². The Hall–Kier alpha value is -2.73. The molecule has 0 atom stereocenters. The molecule has 6 nitrogen and oxygen atoms in total. The van der Waals surface area contributed by atoms with Crippen molar-refractivity contribution in [2.24, 2.45) is 0 Å². The highest BCUT2D eigenvalue weighted by molar-refractivity contribution is 5.52. The van der Waals surface area contributed by atoms with Crippen molar-refractivity contribution in [3.63, 3.8) is 0 Å². The predicted octanol–water partition coefficient (Wildman–Crippen LogP) is 2.80. The van der Waals surface area contributed by atoms with E-state index in [9.17, 15) is 4.79 Å². The first-order valence-electron chi connectivity index (χ1n) is 8.55. The van der Waals surface area contributed by atoms with Gasteiger partial charge < -0.3 is 9.40 Å². The molecule has 0 saturated carbocycles. The van der Waals surface area contributed by atoms with Gasteiger partial charge in [0.1, 0.15) is 6.26 Å². The molecule has 1 fully saturated rings. The lowest BCUT2D eigenvalue weighted by atomic mass is 9.93. The smallest absolute Gasteiger partial charge is 0.250 e. The number of piperidine rings is 1. The molecule has 128 valence electrons. The molecule has 0 radical (unpaired) electrons. The van der Waals surface area contributed by atoms with Crippen LogP contribution in [0.4, 0.5) is 0 Å². The number of likely N-dealkylation sites (tertiary alicyclic amines) is 1. The molecule has 0 amide bonds.